The molecule has 5 rings (SSSR count). The molecule has 2 fully saturated rings. The van der Waals surface area contributed by atoms with Gasteiger partial charge in [0.1, 0.15) is 5.54 Å². The van der Waals surface area contributed by atoms with E-state index < -0.39 is 17.4 Å². The van der Waals surface area contributed by atoms with Crippen LogP contribution in [0.1, 0.15) is 30.0 Å². The van der Waals surface area contributed by atoms with Crippen LogP contribution in [0.2, 0.25) is 0 Å². The van der Waals surface area contributed by atoms with Crippen LogP contribution >= 0.6 is 0 Å². The van der Waals surface area contributed by atoms with Gasteiger partial charge in [0.15, 0.2) is 0 Å². The fourth-order valence-corrected chi connectivity index (χ4v) is 5.76. The Labute approximate surface area is 193 Å². The molecule has 172 valence electrons. The van der Waals surface area contributed by atoms with Gasteiger partial charge in [-0.1, -0.05) is 49.4 Å². The Kier molecular flexibility index (Phi) is 5.54. The number of benzene rings is 2. The van der Waals surface area contributed by atoms with E-state index in [0.717, 1.165) is 23.1 Å². The lowest BCUT2D eigenvalue weighted by atomic mass is 9.76. The maximum atomic E-state index is 13.7. The van der Waals surface area contributed by atoms with E-state index in [1.807, 2.05) is 48.5 Å². The molecule has 2 saturated heterocycles. The number of anilines is 1. The number of carbonyl (C=O) groups excluding carboxylic acids is 3. The second-order valence-electron chi connectivity index (χ2n) is 9.11. The Morgan fingerprint density at radius 1 is 1.03 bits per heavy atom. The normalized spacial score (nSPS) is 27.9. The van der Waals surface area contributed by atoms with Crippen molar-refractivity contribution < 1.29 is 19.1 Å². The lowest BCUT2D eigenvalue weighted by molar-refractivity contribution is -0.143. The molecular formula is C26H29N3O4. The predicted octanol–water partition coefficient (Wildman–Crippen LogP) is 2.25. The first-order valence-corrected chi connectivity index (χ1v) is 11.6. The average molecular weight is 448 g/mol. The second kappa shape index (κ2) is 8.39. The third kappa shape index (κ3) is 3.30. The first kappa shape index (κ1) is 21.8. The van der Waals surface area contributed by atoms with Crippen LogP contribution in [0.4, 0.5) is 5.69 Å². The molecule has 3 amide bonds. The molecule has 0 aromatic heterocycles. The van der Waals surface area contributed by atoms with Crippen molar-refractivity contribution in [2.24, 2.45) is 11.8 Å². The number of nitrogens with zero attached hydrogens (tertiary/aromatic N) is 1. The summed E-state index contributed by atoms with van der Waals surface area (Å²) in [5.74, 6) is -2.08. The highest BCUT2D eigenvalue weighted by Crippen LogP contribution is 2.53. The van der Waals surface area contributed by atoms with Crippen molar-refractivity contribution in [3.8, 4) is 0 Å². The van der Waals surface area contributed by atoms with Gasteiger partial charge in [-0.2, -0.15) is 0 Å². The number of carbonyl (C=O) groups is 3. The van der Waals surface area contributed by atoms with Gasteiger partial charge in [0.05, 0.1) is 11.8 Å². The molecule has 3 aliphatic heterocycles. The molecule has 7 nitrogen and oxygen atoms in total. The Morgan fingerprint density at radius 2 is 1.82 bits per heavy atom. The molecule has 33 heavy (non-hydrogen) atoms. The van der Waals surface area contributed by atoms with E-state index in [1.165, 1.54) is 4.90 Å². The molecule has 4 atom stereocenters. The Morgan fingerprint density at radius 3 is 2.55 bits per heavy atom. The number of hydrogen-bond acceptors (Lipinski definition) is 5. The summed E-state index contributed by atoms with van der Waals surface area (Å²) in [5, 5.41) is 6.50. The van der Waals surface area contributed by atoms with Crippen molar-refractivity contribution in [2.45, 2.75) is 37.8 Å². The lowest BCUT2D eigenvalue weighted by Gasteiger charge is -2.30. The minimum atomic E-state index is -1.24. The van der Waals surface area contributed by atoms with Crippen LogP contribution in [-0.4, -0.2) is 48.9 Å². The van der Waals surface area contributed by atoms with Crippen LogP contribution in [0.15, 0.2) is 48.5 Å². The molecule has 3 aliphatic rings. The summed E-state index contributed by atoms with van der Waals surface area (Å²) in [7, 11) is 1.60. The predicted molar refractivity (Wildman–Crippen MR) is 123 cm³/mol. The summed E-state index contributed by atoms with van der Waals surface area (Å²) in [6.07, 6.45) is 1.94. The number of imide groups is 1. The van der Waals surface area contributed by atoms with E-state index in [1.54, 1.807) is 7.11 Å². The Bertz CT molecular complexity index is 1100. The van der Waals surface area contributed by atoms with Gasteiger partial charge in [-0.25, -0.2) is 0 Å². The fraction of sp³-hybridized carbons (Fsp3) is 0.423. The molecule has 0 radical (unpaired) electrons. The molecule has 2 N–H and O–H groups in total. The number of fused-ring (bicyclic) bond motifs is 4. The van der Waals surface area contributed by atoms with Crippen LogP contribution in [0.3, 0.4) is 0 Å². The highest BCUT2D eigenvalue weighted by Gasteiger charge is 2.70. The summed E-state index contributed by atoms with van der Waals surface area (Å²) >= 11 is 0. The van der Waals surface area contributed by atoms with E-state index >= 15 is 0 Å². The maximum Gasteiger partial charge on any atom is 0.250 e. The summed E-state index contributed by atoms with van der Waals surface area (Å²) in [6, 6.07) is 15.5. The summed E-state index contributed by atoms with van der Waals surface area (Å²) < 4.78 is 5.12. The molecule has 2 aromatic carbocycles. The first-order valence-electron chi connectivity index (χ1n) is 11.6. The fourth-order valence-electron chi connectivity index (χ4n) is 5.76. The highest BCUT2D eigenvalue weighted by molar-refractivity contribution is 6.15. The number of rotatable bonds is 7. The van der Waals surface area contributed by atoms with Gasteiger partial charge in [0.25, 0.3) is 0 Å². The summed E-state index contributed by atoms with van der Waals surface area (Å²) in [4.78, 5) is 42.2. The highest BCUT2D eigenvalue weighted by atomic mass is 16.5. The zero-order valence-electron chi connectivity index (χ0n) is 19.0. The van der Waals surface area contributed by atoms with E-state index in [2.05, 4.69) is 17.6 Å². The third-order valence-corrected chi connectivity index (χ3v) is 7.31. The number of hydrogen-bond donors (Lipinski definition) is 2. The van der Waals surface area contributed by atoms with E-state index in [4.69, 9.17) is 4.74 Å². The zero-order chi connectivity index (χ0) is 23.2. The number of nitrogens with one attached hydrogen (secondary N) is 2. The quantitative estimate of drug-likeness (QED) is 0.502. The van der Waals surface area contributed by atoms with Crippen LogP contribution < -0.4 is 10.6 Å². The summed E-state index contributed by atoms with van der Waals surface area (Å²) in [5.41, 5.74) is 2.39. The molecule has 0 saturated carbocycles. The minimum Gasteiger partial charge on any atom is -0.385 e. The van der Waals surface area contributed by atoms with E-state index in [9.17, 15) is 14.4 Å². The van der Waals surface area contributed by atoms with Crippen LogP contribution in [0, 0.1) is 11.8 Å². The van der Waals surface area contributed by atoms with Gasteiger partial charge in [0.2, 0.25) is 17.7 Å². The van der Waals surface area contributed by atoms with Gasteiger partial charge >= 0.3 is 0 Å². The Balaban J connectivity index is 1.59. The van der Waals surface area contributed by atoms with Crippen molar-refractivity contribution in [1.82, 2.24) is 10.2 Å². The van der Waals surface area contributed by atoms with E-state index in [-0.39, 0.29) is 23.8 Å². The number of amides is 3. The van der Waals surface area contributed by atoms with Crippen molar-refractivity contribution >= 4 is 23.4 Å². The number of likely N-dealkylation sites (tertiary alicyclic amines) is 1. The largest absolute Gasteiger partial charge is 0.385 e. The third-order valence-electron chi connectivity index (χ3n) is 7.31. The minimum absolute atomic E-state index is 0.195. The first-order chi connectivity index (χ1) is 16.0. The van der Waals surface area contributed by atoms with Crippen LogP contribution in [0.5, 0.6) is 0 Å². The van der Waals surface area contributed by atoms with E-state index in [0.29, 0.717) is 31.7 Å². The molecule has 2 aromatic rings. The number of aryl methyl sites for hydroxylation is 1. The SMILES string of the molecule is CCc1ccc2c(c1)C1(NC(Cc3ccccc3)C3C(=O)N(CCCOC)C(=O)C31)C(=O)N2. The average Bonchev–Trinajstić information content (AvgIpc) is 3.40. The number of ether oxygens (including phenoxy) is 1. The van der Waals surface area contributed by atoms with Gasteiger partial charge in [0, 0.05) is 37.6 Å². The molecule has 4 unspecified atom stereocenters. The van der Waals surface area contributed by atoms with Crippen LogP contribution in [0.25, 0.3) is 0 Å². The molecule has 1 spiro atoms. The maximum absolute atomic E-state index is 13.7. The van der Waals surface area contributed by atoms with Gasteiger partial charge in [-0.15, -0.1) is 0 Å². The van der Waals surface area contributed by atoms with Gasteiger partial charge < -0.3 is 10.1 Å². The van der Waals surface area contributed by atoms with Gasteiger partial charge in [-0.05, 0) is 36.5 Å². The molecule has 7 heteroatoms. The van der Waals surface area contributed by atoms with Crippen molar-refractivity contribution in [1.29, 1.82) is 0 Å². The topological polar surface area (TPSA) is 87.7 Å². The number of methoxy groups -OCH3 is 1. The molecule has 0 bridgehead atoms. The Hall–Kier alpha value is -3.03. The lowest BCUT2D eigenvalue weighted by Crippen LogP contribution is -2.53. The summed E-state index contributed by atoms with van der Waals surface area (Å²) in [6.45, 7) is 2.83. The van der Waals surface area contributed by atoms with Crippen molar-refractivity contribution in [2.75, 3.05) is 25.6 Å². The monoisotopic (exact) mass is 447 g/mol. The molecular weight excluding hydrogens is 418 g/mol. The zero-order valence-corrected chi connectivity index (χ0v) is 19.0. The van der Waals surface area contributed by atoms with Crippen molar-refractivity contribution in [3.63, 3.8) is 0 Å². The van der Waals surface area contributed by atoms with Crippen molar-refractivity contribution in [3.05, 3.63) is 65.2 Å². The van der Waals surface area contributed by atoms with Gasteiger partial charge in [-0.3, -0.25) is 24.6 Å². The standard InChI is InChI=1S/C26H29N3O4/c1-3-16-10-11-19-18(14-16)26(25(32)27-19)22-21(20(28-26)15-17-8-5-4-6-9-17)23(30)29(24(22)31)12-7-13-33-2/h4-6,8-11,14,20-22,28H,3,7,12-13,15H2,1-2H3,(H,27,32). The van der Waals surface area contributed by atoms with Crippen LogP contribution in [-0.2, 0) is 37.5 Å². The second-order valence-corrected chi connectivity index (χ2v) is 9.11. The molecule has 3 heterocycles. The smallest absolute Gasteiger partial charge is 0.250 e. The molecule has 0 aliphatic carbocycles.